The van der Waals surface area contributed by atoms with Crippen LogP contribution in [0.15, 0.2) is 24.3 Å². The summed E-state index contributed by atoms with van der Waals surface area (Å²) in [5, 5.41) is 0. The number of rotatable bonds is 4. The second kappa shape index (κ2) is 6.75. The zero-order valence-electron chi connectivity index (χ0n) is 12.6. The van der Waals surface area contributed by atoms with Crippen LogP contribution in [-0.4, -0.2) is 55.5 Å². The quantitative estimate of drug-likeness (QED) is 0.843. The van der Waals surface area contributed by atoms with Crippen LogP contribution >= 0.6 is 0 Å². The van der Waals surface area contributed by atoms with Gasteiger partial charge in [0.2, 0.25) is 0 Å². The van der Waals surface area contributed by atoms with Crippen molar-refractivity contribution in [1.82, 2.24) is 9.80 Å². The van der Waals surface area contributed by atoms with Crippen LogP contribution in [0.3, 0.4) is 0 Å². The SMILES string of the molecule is CC(C)c1ccccc1OCC(=O)N1CCN(C)CC1. The average molecular weight is 276 g/mol. The third-order valence-electron chi connectivity index (χ3n) is 3.75. The minimum absolute atomic E-state index is 0.0802. The molecule has 1 aliphatic rings. The molecule has 0 spiro atoms. The van der Waals surface area contributed by atoms with E-state index < -0.39 is 0 Å². The van der Waals surface area contributed by atoms with Crippen molar-refractivity contribution in [3.8, 4) is 5.75 Å². The third kappa shape index (κ3) is 3.73. The molecule has 1 heterocycles. The molecule has 0 unspecified atom stereocenters. The summed E-state index contributed by atoms with van der Waals surface area (Å²) >= 11 is 0. The molecule has 0 bridgehead atoms. The Bertz CT molecular complexity index is 452. The Morgan fingerprint density at radius 1 is 1.20 bits per heavy atom. The third-order valence-corrected chi connectivity index (χ3v) is 3.75. The summed E-state index contributed by atoms with van der Waals surface area (Å²) < 4.78 is 5.74. The van der Waals surface area contributed by atoms with E-state index in [-0.39, 0.29) is 12.5 Å². The summed E-state index contributed by atoms with van der Waals surface area (Å²) in [4.78, 5) is 16.3. The maximum absolute atomic E-state index is 12.1. The molecule has 1 fully saturated rings. The standard InChI is InChI=1S/C16H24N2O2/c1-13(2)14-6-4-5-7-15(14)20-12-16(19)18-10-8-17(3)9-11-18/h4-7,13H,8-12H2,1-3H3. The van der Waals surface area contributed by atoms with Gasteiger partial charge in [-0.15, -0.1) is 0 Å². The Morgan fingerprint density at radius 3 is 2.50 bits per heavy atom. The fourth-order valence-corrected chi connectivity index (χ4v) is 2.38. The normalized spacial score (nSPS) is 16.5. The van der Waals surface area contributed by atoms with Crippen molar-refractivity contribution in [2.24, 2.45) is 0 Å². The zero-order chi connectivity index (χ0) is 14.5. The minimum atomic E-state index is 0.0802. The van der Waals surface area contributed by atoms with Gasteiger partial charge >= 0.3 is 0 Å². The predicted molar refractivity (Wildman–Crippen MR) is 80.1 cm³/mol. The molecule has 1 saturated heterocycles. The van der Waals surface area contributed by atoms with E-state index in [9.17, 15) is 4.79 Å². The van der Waals surface area contributed by atoms with E-state index in [1.54, 1.807) is 0 Å². The second-order valence-electron chi connectivity index (χ2n) is 5.67. The van der Waals surface area contributed by atoms with Crippen LogP contribution in [0.2, 0.25) is 0 Å². The predicted octanol–water partition coefficient (Wildman–Crippen LogP) is 1.96. The number of nitrogens with zero attached hydrogens (tertiary/aromatic N) is 2. The number of carbonyl (C=O) groups is 1. The van der Waals surface area contributed by atoms with E-state index in [1.165, 1.54) is 0 Å². The van der Waals surface area contributed by atoms with Crippen molar-refractivity contribution in [2.75, 3.05) is 39.8 Å². The molecule has 0 aliphatic carbocycles. The molecule has 0 aromatic heterocycles. The molecule has 1 aliphatic heterocycles. The van der Waals surface area contributed by atoms with E-state index in [2.05, 4.69) is 31.9 Å². The molecule has 0 N–H and O–H groups in total. The molecule has 1 aromatic rings. The van der Waals surface area contributed by atoms with Gasteiger partial charge in [0.25, 0.3) is 5.91 Å². The second-order valence-corrected chi connectivity index (χ2v) is 5.67. The number of piperazine rings is 1. The first-order chi connectivity index (χ1) is 9.58. The molecule has 2 rings (SSSR count). The Hall–Kier alpha value is -1.55. The van der Waals surface area contributed by atoms with E-state index in [0.717, 1.165) is 37.5 Å². The number of benzene rings is 1. The molecular formula is C16H24N2O2. The van der Waals surface area contributed by atoms with Gasteiger partial charge in [-0.05, 0) is 24.6 Å². The number of para-hydroxylation sites is 1. The Kier molecular flexibility index (Phi) is 5.01. The molecule has 110 valence electrons. The van der Waals surface area contributed by atoms with Crippen LogP contribution < -0.4 is 4.74 Å². The van der Waals surface area contributed by atoms with Gasteiger partial charge < -0.3 is 14.5 Å². The van der Waals surface area contributed by atoms with Crippen LogP contribution in [0.5, 0.6) is 5.75 Å². The van der Waals surface area contributed by atoms with Gasteiger partial charge in [-0.25, -0.2) is 0 Å². The van der Waals surface area contributed by atoms with Crippen LogP contribution in [0.4, 0.5) is 0 Å². The summed E-state index contributed by atoms with van der Waals surface area (Å²) in [6.07, 6.45) is 0. The lowest BCUT2D eigenvalue weighted by molar-refractivity contribution is -0.134. The molecule has 0 atom stereocenters. The number of hydrogen-bond acceptors (Lipinski definition) is 3. The van der Waals surface area contributed by atoms with Crippen molar-refractivity contribution in [2.45, 2.75) is 19.8 Å². The van der Waals surface area contributed by atoms with Crippen molar-refractivity contribution >= 4 is 5.91 Å². The lowest BCUT2D eigenvalue weighted by Gasteiger charge is -2.32. The highest BCUT2D eigenvalue weighted by atomic mass is 16.5. The first-order valence-corrected chi connectivity index (χ1v) is 7.26. The van der Waals surface area contributed by atoms with Crippen molar-refractivity contribution in [1.29, 1.82) is 0 Å². The van der Waals surface area contributed by atoms with Gasteiger partial charge in [0.15, 0.2) is 6.61 Å². The molecule has 4 heteroatoms. The minimum Gasteiger partial charge on any atom is -0.483 e. The highest BCUT2D eigenvalue weighted by molar-refractivity contribution is 5.78. The lowest BCUT2D eigenvalue weighted by Crippen LogP contribution is -2.48. The highest BCUT2D eigenvalue weighted by Gasteiger charge is 2.19. The van der Waals surface area contributed by atoms with Crippen molar-refractivity contribution in [3.05, 3.63) is 29.8 Å². The average Bonchev–Trinajstić information content (AvgIpc) is 2.45. The van der Waals surface area contributed by atoms with Crippen molar-refractivity contribution < 1.29 is 9.53 Å². The van der Waals surface area contributed by atoms with Gasteiger partial charge in [-0.3, -0.25) is 4.79 Å². The zero-order valence-corrected chi connectivity index (χ0v) is 12.6. The molecule has 4 nitrogen and oxygen atoms in total. The summed E-state index contributed by atoms with van der Waals surface area (Å²) in [5.41, 5.74) is 1.15. The van der Waals surface area contributed by atoms with Gasteiger partial charge in [-0.1, -0.05) is 32.0 Å². The van der Waals surface area contributed by atoms with E-state index in [4.69, 9.17) is 4.74 Å². The maximum Gasteiger partial charge on any atom is 0.260 e. The van der Waals surface area contributed by atoms with Crippen LogP contribution in [-0.2, 0) is 4.79 Å². The van der Waals surface area contributed by atoms with E-state index in [0.29, 0.717) is 5.92 Å². The number of carbonyl (C=O) groups excluding carboxylic acids is 1. The van der Waals surface area contributed by atoms with Crippen LogP contribution in [0.1, 0.15) is 25.3 Å². The summed E-state index contributed by atoms with van der Waals surface area (Å²) in [6, 6.07) is 7.94. The largest absolute Gasteiger partial charge is 0.483 e. The van der Waals surface area contributed by atoms with Gasteiger partial charge in [0.05, 0.1) is 0 Å². The first kappa shape index (κ1) is 14.9. The highest BCUT2D eigenvalue weighted by Crippen LogP contribution is 2.25. The fourth-order valence-electron chi connectivity index (χ4n) is 2.38. The first-order valence-electron chi connectivity index (χ1n) is 7.26. The molecule has 1 aromatic carbocycles. The number of ether oxygens (including phenoxy) is 1. The number of amides is 1. The molecule has 0 saturated carbocycles. The Labute approximate surface area is 121 Å². The molecule has 0 radical (unpaired) electrons. The molecular weight excluding hydrogens is 252 g/mol. The lowest BCUT2D eigenvalue weighted by atomic mass is 10.0. The molecule has 20 heavy (non-hydrogen) atoms. The number of hydrogen-bond donors (Lipinski definition) is 0. The van der Waals surface area contributed by atoms with E-state index in [1.807, 2.05) is 23.1 Å². The number of likely N-dealkylation sites (N-methyl/N-ethyl adjacent to an activating group) is 1. The molecule has 1 amide bonds. The Morgan fingerprint density at radius 2 is 1.85 bits per heavy atom. The monoisotopic (exact) mass is 276 g/mol. The van der Waals surface area contributed by atoms with Gasteiger partial charge in [0.1, 0.15) is 5.75 Å². The maximum atomic E-state index is 12.1. The Balaban J connectivity index is 1.90. The smallest absolute Gasteiger partial charge is 0.260 e. The van der Waals surface area contributed by atoms with Gasteiger partial charge in [-0.2, -0.15) is 0 Å². The fraction of sp³-hybridized carbons (Fsp3) is 0.562. The van der Waals surface area contributed by atoms with Crippen LogP contribution in [0.25, 0.3) is 0 Å². The van der Waals surface area contributed by atoms with E-state index >= 15 is 0 Å². The van der Waals surface area contributed by atoms with Crippen LogP contribution in [0, 0.1) is 0 Å². The summed E-state index contributed by atoms with van der Waals surface area (Å²) in [5.74, 6) is 1.30. The van der Waals surface area contributed by atoms with Gasteiger partial charge in [0, 0.05) is 26.2 Å². The topological polar surface area (TPSA) is 32.8 Å². The summed E-state index contributed by atoms with van der Waals surface area (Å²) in [6.45, 7) is 7.86. The summed E-state index contributed by atoms with van der Waals surface area (Å²) in [7, 11) is 2.08. The van der Waals surface area contributed by atoms with Crippen molar-refractivity contribution in [3.63, 3.8) is 0 Å².